The van der Waals surface area contributed by atoms with Gasteiger partial charge in [0.05, 0.1) is 32.9 Å². The van der Waals surface area contributed by atoms with E-state index >= 15 is 0 Å². The third-order valence-corrected chi connectivity index (χ3v) is 6.99. The molecule has 9 heteroatoms. The van der Waals surface area contributed by atoms with Gasteiger partial charge in [0, 0.05) is 24.5 Å². The topological polar surface area (TPSA) is 107 Å². The van der Waals surface area contributed by atoms with Crippen molar-refractivity contribution < 1.29 is 33.6 Å². The van der Waals surface area contributed by atoms with Crippen molar-refractivity contribution in [2.45, 2.75) is 19.2 Å². The molecule has 1 atom stereocenters. The number of hydrogen-bond acceptors (Lipinski definition) is 8. The number of aliphatic hydroxyl groups is 1. The van der Waals surface area contributed by atoms with E-state index < -0.39 is 17.7 Å². The zero-order valence-corrected chi connectivity index (χ0v) is 23.4. The summed E-state index contributed by atoms with van der Waals surface area (Å²) in [5.74, 6) is -0.220. The molecule has 1 aliphatic rings. The maximum absolute atomic E-state index is 13.5. The molecule has 0 aliphatic carbocycles. The van der Waals surface area contributed by atoms with Crippen molar-refractivity contribution in [1.29, 1.82) is 0 Å². The average molecular weight is 567 g/mol. The van der Waals surface area contributed by atoms with Crippen LogP contribution < -0.4 is 18.9 Å². The Kier molecular flexibility index (Phi) is 8.38. The minimum Gasteiger partial charge on any atom is -0.507 e. The minimum atomic E-state index is -0.951. The summed E-state index contributed by atoms with van der Waals surface area (Å²) < 4.78 is 22.4. The van der Waals surface area contributed by atoms with Gasteiger partial charge in [0.2, 0.25) is 5.75 Å². The first kappa shape index (κ1) is 28.2. The molecule has 42 heavy (non-hydrogen) atoms. The van der Waals surface area contributed by atoms with E-state index in [0.29, 0.717) is 40.7 Å². The Hall–Kier alpha value is -5.31. The van der Waals surface area contributed by atoms with E-state index in [-0.39, 0.29) is 17.9 Å². The van der Waals surface area contributed by atoms with Crippen molar-refractivity contribution >= 4 is 17.4 Å². The standard InChI is InChI=1S/C33H30N2O7/c1-39-26-16-24(17-27(40-2)32(26)41-3)29-28(31(37)33(38)35(29)19-22-10-7-15-34-18-22)30(36)23-11-13-25(14-12-23)42-20-21-8-5-4-6-9-21/h4-18,29,36H,19-20H2,1-3H3/b30-28+. The Morgan fingerprint density at radius 3 is 2.12 bits per heavy atom. The summed E-state index contributed by atoms with van der Waals surface area (Å²) in [6.45, 7) is 0.468. The van der Waals surface area contributed by atoms with Gasteiger partial charge in [-0.15, -0.1) is 0 Å². The van der Waals surface area contributed by atoms with Crippen LogP contribution in [0.4, 0.5) is 0 Å². The van der Waals surface area contributed by atoms with E-state index in [1.54, 1.807) is 54.9 Å². The molecule has 1 aliphatic heterocycles. The fraction of sp³-hybridized carbons (Fsp3) is 0.182. The molecule has 2 heterocycles. The smallest absolute Gasteiger partial charge is 0.295 e. The maximum atomic E-state index is 13.5. The molecule has 3 aromatic carbocycles. The van der Waals surface area contributed by atoms with Gasteiger partial charge in [0.15, 0.2) is 11.5 Å². The first-order valence-corrected chi connectivity index (χ1v) is 13.2. The fourth-order valence-corrected chi connectivity index (χ4v) is 4.94. The maximum Gasteiger partial charge on any atom is 0.295 e. The van der Waals surface area contributed by atoms with E-state index in [4.69, 9.17) is 18.9 Å². The van der Waals surface area contributed by atoms with Crippen molar-refractivity contribution in [2.24, 2.45) is 0 Å². The molecule has 214 valence electrons. The number of likely N-dealkylation sites (tertiary alicyclic amines) is 1. The molecule has 0 spiro atoms. The normalized spacial score (nSPS) is 15.9. The Morgan fingerprint density at radius 1 is 0.857 bits per heavy atom. The molecule has 0 radical (unpaired) electrons. The summed E-state index contributed by atoms with van der Waals surface area (Å²) in [4.78, 5) is 32.5. The number of pyridine rings is 1. The lowest BCUT2D eigenvalue weighted by molar-refractivity contribution is -0.140. The monoisotopic (exact) mass is 566 g/mol. The quantitative estimate of drug-likeness (QED) is 0.156. The number of benzene rings is 3. The zero-order chi connectivity index (χ0) is 29.6. The van der Waals surface area contributed by atoms with Crippen molar-refractivity contribution in [2.75, 3.05) is 21.3 Å². The molecule has 0 saturated carbocycles. The molecule has 1 saturated heterocycles. The highest BCUT2D eigenvalue weighted by Crippen LogP contribution is 2.46. The van der Waals surface area contributed by atoms with Gasteiger partial charge in [-0.25, -0.2) is 0 Å². The number of aromatic nitrogens is 1. The third kappa shape index (κ3) is 5.62. The van der Waals surface area contributed by atoms with E-state index in [2.05, 4.69) is 4.98 Å². The molecule has 1 fully saturated rings. The lowest BCUT2D eigenvalue weighted by Crippen LogP contribution is -2.29. The second kappa shape index (κ2) is 12.5. The Morgan fingerprint density at radius 2 is 1.52 bits per heavy atom. The van der Waals surface area contributed by atoms with Crippen molar-refractivity contribution in [1.82, 2.24) is 9.88 Å². The highest BCUT2D eigenvalue weighted by molar-refractivity contribution is 6.46. The number of ether oxygens (including phenoxy) is 4. The second-order valence-corrected chi connectivity index (χ2v) is 9.55. The number of amides is 1. The predicted molar refractivity (Wildman–Crippen MR) is 155 cm³/mol. The van der Waals surface area contributed by atoms with Gasteiger partial charge in [-0.2, -0.15) is 0 Å². The van der Waals surface area contributed by atoms with E-state index in [9.17, 15) is 14.7 Å². The van der Waals surface area contributed by atoms with Gasteiger partial charge < -0.3 is 29.0 Å². The van der Waals surface area contributed by atoms with Gasteiger partial charge in [-0.3, -0.25) is 14.6 Å². The van der Waals surface area contributed by atoms with Crippen LogP contribution in [0.3, 0.4) is 0 Å². The Bertz CT molecular complexity index is 1580. The zero-order valence-electron chi connectivity index (χ0n) is 23.4. The summed E-state index contributed by atoms with van der Waals surface area (Å²) in [5, 5.41) is 11.5. The van der Waals surface area contributed by atoms with E-state index in [1.165, 1.54) is 26.2 Å². The number of hydrogen-bond donors (Lipinski definition) is 1. The highest BCUT2D eigenvalue weighted by atomic mass is 16.5. The summed E-state index contributed by atoms with van der Waals surface area (Å²) in [6.07, 6.45) is 3.25. The number of methoxy groups -OCH3 is 3. The number of nitrogens with zero attached hydrogens (tertiary/aromatic N) is 2. The third-order valence-electron chi connectivity index (χ3n) is 6.99. The van der Waals surface area contributed by atoms with E-state index in [1.807, 2.05) is 36.4 Å². The number of ketones is 1. The lowest BCUT2D eigenvalue weighted by Gasteiger charge is -2.26. The first-order chi connectivity index (χ1) is 20.4. The fourth-order valence-electron chi connectivity index (χ4n) is 4.94. The molecule has 1 unspecified atom stereocenters. The van der Waals surface area contributed by atoms with Crippen LogP contribution in [0.25, 0.3) is 5.76 Å². The number of carbonyl (C=O) groups is 2. The molecular formula is C33H30N2O7. The van der Waals surface area contributed by atoms with Crippen LogP contribution in [0.15, 0.2) is 96.8 Å². The van der Waals surface area contributed by atoms with Crippen LogP contribution in [0.1, 0.15) is 28.3 Å². The summed E-state index contributed by atoms with van der Waals surface area (Å²) in [7, 11) is 4.45. The molecule has 1 aromatic heterocycles. The van der Waals surface area contributed by atoms with Crippen LogP contribution >= 0.6 is 0 Å². The van der Waals surface area contributed by atoms with Crippen LogP contribution in [0, 0.1) is 0 Å². The number of aliphatic hydroxyl groups excluding tert-OH is 1. The average Bonchev–Trinajstić information content (AvgIpc) is 3.28. The number of rotatable bonds is 10. The van der Waals surface area contributed by atoms with Crippen LogP contribution in [-0.4, -0.2) is 48.0 Å². The Balaban J connectivity index is 1.56. The van der Waals surface area contributed by atoms with Crippen molar-refractivity contribution in [3.8, 4) is 23.0 Å². The van der Waals surface area contributed by atoms with Gasteiger partial charge >= 0.3 is 0 Å². The molecule has 4 aromatic rings. The lowest BCUT2D eigenvalue weighted by atomic mass is 9.94. The van der Waals surface area contributed by atoms with Crippen LogP contribution in [0.5, 0.6) is 23.0 Å². The van der Waals surface area contributed by atoms with Gasteiger partial charge in [-0.05, 0) is 59.2 Å². The summed E-state index contributed by atoms with van der Waals surface area (Å²) >= 11 is 0. The van der Waals surface area contributed by atoms with Crippen LogP contribution in [-0.2, 0) is 22.7 Å². The molecule has 1 N–H and O–H groups in total. The molecule has 1 amide bonds. The van der Waals surface area contributed by atoms with Crippen molar-refractivity contribution in [3.05, 3.63) is 119 Å². The molecule has 9 nitrogen and oxygen atoms in total. The number of Topliss-reactive ketones (excluding diaryl/α,β-unsaturated/α-hetero) is 1. The van der Waals surface area contributed by atoms with Gasteiger partial charge in [0.1, 0.15) is 18.1 Å². The molecule has 5 rings (SSSR count). The molecule has 0 bridgehead atoms. The van der Waals surface area contributed by atoms with Gasteiger partial charge in [0.25, 0.3) is 11.7 Å². The number of carbonyl (C=O) groups excluding carboxylic acids is 2. The van der Waals surface area contributed by atoms with Crippen LogP contribution in [0.2, 0.25) is 0 Å². The van der Waals surface area contributed by atoms with Gasteiger partial charge in [-0.1, -0.05) is 36.4 Å². The van der Waals surface area contributed by atoms with Crippen molar-refractivity contribution in [3.63, 3.8) is 0 Å². The Labute approximate surface area is 243 Å². The second-order valence-electron chi connectivity index (χ2n) is 9.55. The SMILES string of the molecule is COc1cc(C2/C(=C(\O)c3ccc(OCc4ccccc4)cc3)C(=O)C(=O)N2Cc2cccnc2)cc(OC)c1OC. The largest absolute Gasteiger partial charge is 0.507 e. The minimum absolute atomic E-state index is 0.0592. The predicted octanol–water partition coefficient (Wildman–Crippen LogP) is 5.31. The first-order valence-electron chi connectivity index (χ1n) is 13.2. The summed E-state index contributed by atoms with van der Waals surface area (Å²) in [5.41, 5.74) is 2.53. The molecular weight excluding hydrogens is 536 g/mol. The highest BCUT2D eigenvalue weighted by Gasteiger charge is 2.46. The van der Waals surface area contributed by atoms with E-state index in [0.717, 1.165) is 11.1 Å². The summed E-state index contributed by atoms with van der Waals surface area (Å²) in [6, 6.07) is 22.4.